The number of nitrogens with zero attached hydrogens (tertiary/aromatic N) is 3. The van der Waals surface area contributed by atoms with E-state index in [0.29, 0.717) is 6.42 Å². The van der Waals surface area contributed by atoms with Gasteiger partial charge in [0.05, 0.1) is 25.0 Å². The van der Waals surface area contributed by atoms with Crippen molar-refractivity contribution < 1.29 is 32.7 Å². The molecule has 168 valence electrons. The summed E-state index contributed by atoms with van der Waals surface area (Å²) in [4.78, 5) is 30.9. The van der Waals surface area contributed by atoms with Gasteiger partial charge in [-0.25, -0.2) is 4.98 Å². The van der Waals surface area contributed by atoms with Crippen LogP contribution in [0.5, 0.6) is 0 Å². The number of primary amides is 1. The van der Waals surface area contributed by atoms with Crippen molar-refractivity contribution in [3.05, 3.63) is 29.9 Å². The lowest BCUT2D eigenvalue weighted by Crippen LogP contribution is -2.51. The summed E-state index contributed by atoms with van der Waals surface area (Å²) in [6.45, 7) is 2.07. The summed E-state index contributed by atoms with van der Waals surface area (Å²) < 4.78 is 32.5. The molecule has 0 saturated heterocycles. The molecule has 9 N–H and O–H groups in total. The van der Waals surface area contributed by atoms with Crippen molar-refractivity contribution in [1.29, 1.82) is 0 Å². The molecule has 2 unspecified atom stereocenters. The van der Waals surface area contributed by atoms with Crippen molar-refractivity contribution in [2.24, 2.45) is 11.5 Å². The fourth-order valence-corrected chi connectivity index (χ4v) is 2.96. The van der Waals surface area contributed by atoms with Crippen molar-refractivity contribution in [3.63, 3.8) is 0 Å². The van der Waals surface area contributed by atoms with Gasteiger partial charge < -0.3 is 31.2 Å². The van der Waals surface area contributed by atoms with Crippen LogP contribution in [0.25, 0.3) is 0 Å². The molecule has 0 aliphatic heterocycles. The number of amides is 1. The first kappa shape index (κ1) is 25.1. The van der Waals surface area contributed by atoms with Crippen LogP contribution in [0.3, 0.4) is 0 Å². The zero-order valence-electron chi connectivity index (χ0n) is 16.1. The summed E-state index contributed by atoms with van der Waals surface area (Å²) in [7, 11) is -4.23. The number of hydrogen-bond acceptors (Lipinski definition) is 10. The van der Waals surface area contributed by atoms with Gasteiger partial charge in [0.1, 0.15) is 6.04 Å². The highest BCUT2D eigenvalue weighted by molar-refractivity contribution is 7.87. The van der Waals surface area contributed by atoms with Crippen LogP contribution in [0.15, 0.2) is 17.0 Å². The van der Waals surface area contributed by atoms with Gasteiger partial charge in [0.15, 0.2) is 5.82 Å². The van der Waals surface area contributed by atoms with Crippen molar-refractivity contribution in [2.75, 3.05) is 0 Å². The first-order valence-electron chi connectivity index (χ1n) is 8.40. The number of carboxylic acids is 1. The molecule has 1 amide bonds. The van der Waals surface area contributed by atoms with Crippen molar-refractivity contribution in [2.45, 2.75) is 45.0 Å². The number of nitrogens with two attached hydrogens (primary N) is 2. The summed E-state index contributed by atoms with van der Waals surface area (Å²) in [6.07, 6.45) is 2.05. The number of carbonyl (C=O) groups excluding carboxylic acids is 1. The Labute approximate surface area is 171 Å². The van der Waals surface area contributed by atoms with Gasteiger partial charge in [-0.1, -0.05) is 5.16 Å². The summed E-state index contributed by atoms with van der Waals surface area (Å²) in [5.74, 6) is -1.74. The Balaban J connectivity index is 0.00000103. The highest BCUT2D eigenvalue weighted by Gasteiger charge is 2.28. The van der Waals surface area contributed by atoms with Gasteiger partial charge >= 0.3 is 5.97 Å². The Bertz CT molecular complexity index is 909. The molecule has 2 aromatic rings. The normalized spacial score (nSPS) is 14.3. The lowest BCUT2D eigenvalue weighted by Gasteiger charge is -2.16. The average Bonchev–Trinajstić information content (AvgIpc) is 3.29. The molecule has 2 heterocycles. The number of rotatable bonds is 10. The standard InChI is InChI=1S/C12H19N7O6S.C2H5NO/c1-6(20)10(12(21)22)19-26(23,24)16-4-9-17-11(18-25-9)8(13)2-7-3-14-5-15-7;1-2(3)4/h3,5-6,8,10,16,19-20H,2,4,13H2,1H3,(H,14,15)(H,21,22);1H3,(H2,3,4)/t6?,8-,10?;/m0./s1. The lowest BCUT2D eigenvalue weighted by atomic mass is 10.2. The van der Waals surface area contributed by atoms with E-state index in [2.05, 4.69) is 25.8 Å². The second-order valence-corrected chi connectivity index (χ2v) is 7.57. The third-order valence-electron chi connectivity index (χ3n) is 3.25. The quantitative estimate of drug-likeness (QED) is 0.196. The van der Waals surface area contributed by atoms with Crippen molar-refractivity contribution in [3.8, 4) is 0 Å². The topological polar surface area (TPSA) is 252 Å². The number of H-pyrrole nitrogens is 1. The molecule has 16 heteroatoms. The maximum Gasteiger partial charge on any atom is 0.324 e. The summed E-state index contributed by atoms with van der Waals surface area (Å²) in [5.41, 5.74) is 11.2. The molecule has 0 fully saturated rings. The average molecular weight is 448 g/mol. The predicted octanol–water partition coefficient (Wildman–Crippen LogP) is -2.72. The number of carboxylic acid groups (broad SMARTS) is 1. The Morgan fingerprint density at radius 2 is 2.03 bits per heavy atom. The van der Waals surface area contributed by atoms with E-state index in [4.69, 9.17) is 15.4 Å². The number of aromatic amines is 1. The molecule has 0 aliphatic rings. The molecule has 15 nitrogen and oxygen atoms in total. The molecule has 0 radical (unpaired) electrons. The van der Waals surface area contributed by atoms with E-state index in [0.717, 1.165) is 12.6 Å². The molecule has 2 rings (SSSR count). The summed E-state index contributed by atoms with van der Waals surface area (Å²) >= 11 is 0. The molecule has 0 aromatic carbocycles. The van der Waals surface area contributed by atoms with Crippen LogP contribution in [0.2, 0.25) is 0 Å². The highest BCUT2D eigenvalue weighted by atomic mass is 32.2. The van der Waals surface area contributed by atoms with Crippen LogP contribution in [0.1, 0.15) is 37.3 Å². The zero-order chi connectivity index (χ0) is 22.9. The van der Waals surface area contributed by atoms with Gasteiger partial charge in [-0.05, 0) is 6.92 Å². The van der Waals surface area contributed by atoms with E-state index in [1.165, 1.54) is 13.3 Å². The Hall–Kier alpha value is -2.92. The van der Waals surface area contributed by atoms with E-state index >= 15 is 0 Å². The lowest BCUT2D eigenvalue weighted by molar-refractivity contribution is -0.141. The van der Waals surface area contributed by atoms with Crippen LogP contribution >= 0.6 is 0 Å². The van der Waals surface area contributed by atoms with Gasteiger partial charge in [0.2, 0.25) is 11.8 Å². The smallest absolute Gasteiger partial charge is 0.324 e. The third-order valence-corrected chi connectivity index (χ3v) is 4.34. The predicted molar refractivity (Wildman–Crippen MR) is 100 cm³/mol. The molecule has 0 bridgehead atoms. The number of aliphatic hydroxyl groups is 1. The zero-order valence-corrected chi connectivity index (χ0v) is 17.0. The monoisotopic (exact) mass is 448 g/mol. The second-order valence-electron chi connectivity index (χ2n) is 6.04. The number of nitrogens with one attached hydrogen (secondary N) is 3. The Morgan fingerprint density at radius 3 is 2.53 bits per heavy atom. The Morgan fingerprint density at radius 1 is 1.40 bits per heavy atom. The fraction of sp³-hybridized carbons (Fsp3) is 0.500. The summed E-state index contributed by atoms with van der Waals surface area (Å²) in [6, 6.07) is -2.29. The number of aliphatic hydroxyl groups excluding tert-OH is 1. The van der Waals surface area contributed by atoms with Gasteiger partial charge in [-0.15, -0.1) is 0 Å². The molecule has 3 atom stereocenters. The molecule has 0 saturated carbocycles. The van der Waals surface area contributed by atoms with Crippen LogP contribution in [-0.4, -0.2) is 62.8 Å². The number of aliphatic carboxylic acids is 1. The number of hydrogen-bond donors (Lipinski definition) is 7. The highest BCUT2D eigenvalue weighted by Crippen LogP contribution is 2.11. The minimum Gasteiger partial charge on any atom is -0.480 e. The SMILES string of the molecule is CC(N)=O.CC(O)C(NS(=O)(=O)NCc1nc([C@@H](N)Cc2cnc[nH]2)no1)C(=O)O. The van der Waals surface area contributed by atoms with E-state index in [-0.39, 0.29) is 24.2 Å². The fourth-order valence-electron chi connectivity index (χ4n) is 1.94. The molecule has 30 heavy (non-hydrogen) atoms. The van der Waals surface area contributed by atoms with E-state index in [1.54, 1.807) is 6.20 Å². The van der Waals surface area contributed by atoms with E-state index in [9.17, 15) is 23.1 Å². The van der Waals surface area contributed by atoms with Crippen LogP contribution in [0.4, 0.5) is 0 Å². The largest absolute Gasteiger partial charge is 0.480 e. The maximum atomic E-state index is 11.9. The van der Waals surface area contributed by atoms with Crippen molar-refractivity contribution in [1.82, 2.24) is 29.6 Å². The maximum absolute atomic E-state index is 11.9. The molecule has 0 spiro atoms. The number of carbonyl (C=O) groups is 2. The van der Waals surface area contributed by atoms with Crippen LogP contribution < -0.4 is 20.9 Å². The minimum absolute atomic E-state index is 0.0608. The minimum atomic E-state index is -4.23. The Kier molecular flexibility index (Phi) is 9.47. The van der Waals surface area contributed by atoms with Crippen LogP contribution in [-0.2, 0) is 32.8 Å². The molecular weight excluding hydrogens is 424 g/mol. The van der Waals surface area contributed by atoms with Gasteiger partial charge in [0.25, 0.3) is 10.2 Å². The van der Waals surface area contributed by atoms with Crippen LogP contribution in [0, 0.1) is 0 Å². The van der Waals surface area contributed by atoms with Crippen molar-refractivity contribution >= 4 is 22.1 Å². The second kappa shape index (κ2) is 11.3. The number of imidazole rings is 1. The molecule has 2 aromatic heterocycles. The first-order chi connectivity index (χ1) is 13.9. The van der Waals surface area contributed by atoms with Gasteiger partial charge in [-0.3, -0.25) is 9.59 Å². The third kappa shape index (κ3) is 9.05. The molecular formula is C14H24N8O7S. The number of aromatic nitrogens is 4. The van der Waals surface area contributed by atoms with Gasteiger partial charge in [0, 0.05) is 25.2 Å². The first-order valence-corrected chi connectivity index (χ1v) is 9.88. The van der Waals surface area contributed by atoms with Gasteiger partial charge in [-0.2, -0.15) is 22.8 Å². The molecule has 0 aliphatic carbocycles. The van der Waals surface area contributed by atoms with E-state index in [1.807, 2.05) is 9.44 Å². The van der Waals surface area contributed by atoms with E-state index < -0.39 is 34.4 Å². The summed E-state index contributed by atoms with van der Waals surface area (Å²) in [5, 5.41) is 21.9.